The average molecular weight is 421 g/mol. The molecule has 27 heavy (non-hydrogen) atoms. The van der Waals surface area contributed by atoms with Crippen LogP contribution in [-0.4, -0.2) is 17.1 Å². The molecule has 0 saturated heterocycles. The molecule has 6 heteroatoms. The Kier molecular flexibility index (Phi) is 4.89. The zero-order valence-electron chi connectivity index (χ0n) is 14.6. The maximum absolute atomic E-state index is 5.22. The lowest BCUT2D eigenvalue weighted by Gasteiger charge is -2.12. The SMILES string of the molecule is COc1ccc(Nc2nc(Nc3ccc(Br)cc3)nc3ccccc23)cc1. The van der Waals surface area contributed by atoms with Crippen LogP contribution >= 0.6 is 15.9 Å². The van der Waals surface area contributed by atoms with Crippen molar-refractivity contribution in [3.05, 3.63) is 77.3 Å². The van der Waals surface area contributed by atoms with E-state index in [-0.39, 0.29) is 0 Å². The summed E-state index contributed by atoms with van der Waals surface area (Å²) in [5, 5.41) is 7.60. The largest absolute Gasteiger partial charge is 0.497 e. The van der Waals surface area contributed by atoms with Crippen LogP contribution < -0.4 is 15.4 Å². The fraction of sp³-hybridized carbons (Fsp3) is 0.0476. The van der Waals surface area contributed by atoms with Gasteiger partial charge in [-0.25, -0.2) is 4.98 Å². The molecule has 4 aromatic rings. The third kappa shape index (κ3) is 4.01. The Morgan fingerprint density at radius 1 is 0.778 bits per heavy atom. The minimum atomic E-state index is 0.534. The molecule has 0 aliphatic heterocycles. The van der Waals surface area contributed by atoms with Crippen molar-refractivity contribution in [2.24, 2.45) is 0 Å². The highest BCUT2D eigenvalue weighted by molar-refractivity contribution is 9.10. The van der Waals surface area contributed by atoms with E-state index in [1.165, 1.54) is 0 Å². The molecule has 0 amide bonds. The summed E-state index contributed by atoms with van der Waals surface area (Å²) in [6.45, 7) is 0. The van der Waals surface area contributed by atoms with E-state index in [2.05, 4.69) is 36.5 Å². The van der Waals surface area contributed by atoms with E-state index >= 15 is 0 Å². The van der Waals surface area contributed by atoms with Gasteiger partial charge in [0.2, 0.25) is 5.95 Å². The smallest absolute Gasteiger partial charge is 0.229 e. The van der Waals surface area contributed by atoms with Gasteiger partial charge in [-0.15, -0.1) is 0 Å². The molecule has 134 valence electrons. The topological polar surface area (TPSA) is 59.1 Å². The van der Waals surface area contributed by atoms with Gasteiger partial charge in [0.05, 0.1) is 12.6 Å². The maximum atomic E-state index is 5.22. The summed E-state index contributed by atoms with van der Waals surface area (Å²) in [5.74, 6) is 2.09. The standard InChI is InChI=1S/C21H17BrN4O/c1-27-17-12-10-15(11-13-17)23-20-18-4-2-3-5-19(18)25-21(26-20)24-16-8-6-14(22)7-9-16/h2-13H,1H3,(H2,23,24,25,26). The number of rotatable bonds is 5. The number of fused-ring (bicyclic) bond motifs is 1. The monoisotopic (exact) mass is 420 g/mol. The third-order valence-corrected chi connectivity index (χ3v) is 4.59. The first-order chi connectivity index (χ1) is 13.2. The molecule has 0 radical (unpaired) electrons. The van der Waals surface area contributed by atoms with Crippen molar-refractivity contribution in [1.29, 1.82) is 0 Å². The normalized spacial score (nSPS) is 10.6. The van der Waals surface area contributed by atoms with Gasteiger partial charge < -0.3 is 15.4 Å². The molecule has 0 fully saturated rings. The molecule has 2 N–H and O–H groups in total. The van der Waals surface area contributed by atoms with E-state index in [0.29, 0.717) is 5.95 Å². The summed E-state index contributed by atoms with van der Waals surface area (Å²) in [6.07, 6.45) is 0. The van der Waals surface area contributed by atoms with Crippen LogP contribution in [0.25, 0.3) is 10.9 Å². The van der Waals surface area contributed by atoms with Crippen molar-refractivity contribution in [1.82, 2.24) is 9.97 Å². The van der Waals surface area contributed by atoms with Gasteiger partial charge in [0, 0.05) is 21.2 Å². The number of hydrogen-bond acceptors (Lipinski definition) is 5. The highest BCUT2D eigenvalue weighted by atomic mass is 79.9. The van der Waals surface area contributed by atoms with Crippen LogP contribution in [0.5, 0.6) is 5.75 Å². The number of aromatic nitrogens is 2. The number of nitrogens with one attached hydrogen (secondary N) is 2. The molecule has 0 saturated carbocycles. The number of ether oxygens (including phenoxy) is 1. The fourth-order valence-corrected chi connectivity index (χ4v) is 2.97. The van der Waals surface area contributed by atoms with Gasteiger partial charge in [-0.1, -0.05) is 28.1 Å². The lowest BCUT2D eigenvalue weighted by Crippen LogP contribution is -2.02. The lowest BCUT2D eigenvalue weighted by molar-refractivity contribution is 0.415. The van der Waals surface area contributed by atoms with Crippen LogP contribution in [0.3, 0.4) is 0 Å². The molecule has 0 spiro atoms. The van der Waals surface area contributed by atoms with E-state index in [1.807, 2.05) is 72.8 Å². The first-order valence-corrected chi connectivity index (χ1v) is 9.21. The molecule has 1 heterocycles. The Morgan fingerprint density at radius 2 is 1.44 bits per heavy atom. The van der Waals surface area contributed by atoms with E-state index in [1.54, 1.807) is 7.11 Å². The van der Waals surface area contributed by atoms with Gasteiger partial charge >= 0.3 is 0 Å². The predicted octanol–water partition coefficient (Wildman–Crippen LogP) is 5.89. The number of nitrogens with zero attached hydrogens (tertiary/aromatic N) is 2. The minimum Gasteiger partial charge on any atom is -0.497 e. The number of anilines is 4. The third-order valence-electron chi connectivity index (χ3n) is 4.06. The Labute approximate surface area is 165 Å². The second-order valence-electron chi connectivity index (χ2n) is 5.90. The first-order valence-electron chi connectivity index (χ1n) is 8.42. The molecule has 1 aromatic heterocycles. The summed E-state index contributed by atoms with van der Waals surface area (Å²) < 4.78 is 6.24. The van der Waals surface area contributed by atoms with Crippen LogP contribution in [0, 0.1) is 0 Å². The average Bonchev–Trinajstić information content (AvgIpc) is 2.70. The molecule has 5 nitrogen and oxygen atoms in total. The Hall–Kier alpha value is -3.12. The van der Waals surface area contributed by atoms with E-state index in [4.69, 9.17) is 4.74 Å². The van der Waals surface area contributed by atoms with Crippen LogP contribution in [0.4, 0.5) is 23.1 Å². The molecular weight excluding hydrogens is 404 g/mol. The molecule has 0 bridgehead atoms. The van der Waals surface area contributed by atoms with Crippen molar-refractivity contribution in [2.75, 3.05) is 17.7 Å². The lowest BCUT2D eigenvalue weighted by atomic mass is 10.2. The molecular formula is C21H17BrN4O. The van der Waals surface area contributed by atoms with E-state index in [9.17, 15) is 0 Å². The van der Waals surface area contributed by atoms with Gasteiger partial charge in [0.15, 0.2) is 0 Å². The second-order valence-corrected chi connectivity index (χ2v) is 6.81. The summed E-state index contributed by atoms with van der Waals surface area (Å²) in [7, 11) is 1.65. The van der Waals surface area contributed by atoms with Crippen molar-refractivity contribution >= 4 is 50.0 Å². The summed E-state index contributed by atoms with van der Waals surface area (Å²) in [5.41, 5.74) is 2.71. The predicted molar refractivity (Wildman–Crippen MR) is 113 cm³/mol. The maximum Gasteiger partial charge on any atom is 0.229 e. The first kappa shape index (κ1) is 17.3. The van der Waals surface area contributed by atoms with Crippen molar-refractivity contribution in [3.8, 4) is 5.75 Å². The summed E-state index contributed by atoms with van der Waals surface area (Å²) >= 11 is 3.44. The summed E-state index contributed by atoms with van der Waals surface area (Å²) in [4.78, 5) is 9.31. The Bertz CT molecular complexity index is 1070. The van der Waals surface area contributed by atoms with E-state index in [0.717, 1.165) is 38.3 Å². The zero-order chi connectivity index (χ0) is 18.6. The number of benzene rings is 3. The highest BCUT2D eigenvalue weighted by Crippen LogP contribution is 2.27. The van der Waals surface area contributed by atoms with Crippen molar-refractivity contribution in [3.63, 3.8) is 0 Å². The number of para-hydroxylation sites is 1. The molecule has 0 unspecified atom stereocenters. The fourth-order valence-electron chi connectivity index (χ4n) is 2.70. The summed E-state index contributed by atoms with van der Waals surface area (Å²) in [6, 6.07) is 23.5. The van der Waals surface area contributed by atoms with Crippen LogP contribution in [0.2, 0.25) is 0 Å². The second kappa shape index (κ2) is 7.63. The molecule has 0 aliphatic carbocycles. The van der Waals surface area contributed by atoms with Gasteiger partial charge in [0.1, 0.15) is 11.6 Å². The van der Waals surface area contributed by atoms with Crippen molar-refractivity contribution in [2.45, 2.75) is 0 Å². The van der Waals surface area contributed by atoms with Gasteiger partial charge in [-0.3, -0.25) is 0 Å². The van der Waals surface area contributed by atoms with Crippen LogP contribution in [0.15, 0.2) is 77.3 Å². The number of hydrogen-bond donors (Lipinski definition) is 2. The quantitative estimate of drug-likeness (QED) is 0.421. The Balaban J connectivity index is 1.70. The molecule has 4 rings (SSSR count). The number of halogens is 1. The van der Waals surface area contributed by atoms with Crippen molar-refractivity contribution < 1.29 is 4.74 Å². The minimum absolute atomic E-state index is 0.534. The van der Waals surface area contributed by atoms with Crippen LogP contribution in [0.1, 0.15) is 0 Å². The molecule has 0 aliphatic rings. The van der Waals surface area contributed by atoms with Gasteiger partial charge in [0.25, 0.3) is 0 Å². The van der Waals surface area contributed by atoms with Crippen LogP contribution in [-0.2, 0) is 0 Å². The molecule has 0 atom stereocenters. The Morgan fingerprint density at radius 3 is 2.19 bits per heavy atom. The molecule has 3 aromatic carbocycles. The number of methoxy groups -OCH3 is 1. The van der Waals surface area contributed by atoms with E-state index < -0.39 is 0 Å². The van der Waals surface area contributed by atoms with Gasteiger partial charge in [-0.2, -0.15) is 4.98 Å². The van der Waals surface area contributed by atoms with Gasteiger partial charge in [-0.05, 0) is 60.7 Å². The zero-order valence-corrected chi connectivity index (χ0v) is 16.2. The highest BCUT2D eigenvalue weighted by Gasteiger charge is 2.08.